The normalized spacial score (nSPS) is 20.7. The van der Waals surface area contributed by atoms with Crippen LogP contribution in [0.25, 0.3) is 0 Å². The number of aliphatic carboxylic acids is 1. The molecule has 1 saturated heterocycles. The highest BCUT2D eigenvalue weighted by Crippen LogP contribution is 2.48. The Morgan fingerprint density at radius 2 is 1.60 bits per heavy atom. The predicted molar refractivity (Wildman–Crippen MR) is 163 cm³/mol. The molecule has 0 radical (unpaired) electrons. The number of likely N-dealkylation sites (tertiary alicyclic amines) is 1. The first-order valence-electron chi connectivity index (χ1n) is 14.6. The van der Waals surface area contributed by atoms with Crippen LogP contribution < -0.4 is 10.1 Å². The molecule has 0 saturated carbocycles. The highest BCUT2D eigenvalue weighted by atomic mass is 19.2. The van der Waals surface area contributed by atoms with Crippen LogP contribution in [0.2, 0.25) is 0 Å². The van der Waals surface area contributed by atoms with E-state index < -0.39 is 59.4 Å². The third kappa shape index (κ3) is 6.74. The second kappa shape index (κ2) is 12.4. The summed E-state index contributed by atoms with van der Waals surface area (Å²) >= 11 is 0. The Hall–Kier alpha value is -3.78. The summed E-state index contributed by atoms with van der Waals surface area (Å²) in [6.45, 7) is 12.6. The van der Waals surface area contributed by atoms with E-state index in [0.29, 0.717) is 12.3 Å². The molecule has 3 aromatic rings. The molecular weight excluding hydrogens is 550 g/mol. The zero-order chi connectivity index (χ0) is 31.7. The topological polar surface area (TPSA) is 78.9 Å². The molecule has 0 unspecified atom stereocenters. The lowest BCUT2D eigenvalue weighted by atomic mass is 9.72. The Labute approximate surface area is 253 Å². The van der Waals surface area contributed by atoms with Crippen molar-refractivity contribution in [3.63, 3.8) is 0 Å². The number of benzene rings is 3. The van der Waals surface area contributed by atoms with Crippen LogP contribution >= 0.6 is 0 Å². The second-order valence-electron chi connectivity index (χ2n) is 13.4. The summed E-state index contributed by atoms with van der Waals surface area (Å²) < 4.78 is 34.4. The Morgan fingerprint density at radius 1 is 0.930 bits per heavy atom. The van der Waals surface area contributed by atoms with Crippen molar-refractivity contribution in [2.75, 3.05) is 7.11 Å². The van der Waals surface area contributed by atoms with Crippen molar-refractivity contribution < 1.29 is 28.2 Å². The van der Waals surface area contributed by atoms with E-state index in [4.69, 9.17) is 4.74 Å². The van der Waals surface area contributed by atoms with Gasteiger partial charge in [-0.1, -0.05) is 96.1 Å². The predicted octanol–water partition coefficient (Wildman–Crippen LogP) is 6.67. The van der Waals surface area contributed by atoms with E-state index in [1.54, 1.807) is 7.11 Å². The van der Waals surface area contributed by atoms with Crippen molar-refractivity contribution in [2.45, 2.75) is 78.0 Å². The summed E-state index contributed by atoms with van der Waals surface area (Å²) in [5, 5.41) is 14.3. The lowest BCUT2D eigenvalue weighted by Crippen LogP contribution is -2.48. The van der Waals surface area contributed by atoms with Crippen LogP contribution in [-0.4, -0.2) is 41.1 Å². The van der Waals surface area contributed by atoms with Gasteiger partial charge in [0.25, 0.3) is 0 Å². The maximum atomic E-state index is 14.7. The zero-order valence-corrected chi connectivity index (χ0v) is 25.9. The van der Waals surface area contributed by atoms with E-state index in [0.717, 1.165) is 22.8 Å². The maximum Gasteiger partial charge on any atom is 0.326 e. The summed E-state index contributed by atoms with van der Waals surface area (Å²) in [7, 11) is 1.61. The number of carboxylic acid groups (broad SMARTS) is 1. The molecule has 0 aliphatic carbocycles. The minimum atomic E-state index is -1.21. The number of nitrogens with zero attached hydrogens (tertiary/aromatic N) is 1. The molecule has 1 aliphatic rings. The van der Waals surface area contributed by atoms with Crippen molar-refractivity contribution in [1.82, 2.24) is 10.2 Å². The van der Waals surface area contributed by atoms with Gasteiger partial charge in [-0.3, -0.25) is 4.79 Å². The number of hydrogen-bond acceptors (Lipinski definition) is 4. The number of carboxylic acids is 1. The highest BCUT2D eigenvalue weighted by Gasteiger charge is 2.57. The smallest absolute Gasteiger partial charge is 0.326 e. The number of rotatable bonds is 8. The van der Waals surface area contributed by atoms with Crippen LogP contribution in [0.5, 0.6) is 5.75 Å². The molecule has 1 heterocycles. The number of halogens is 2. The van der Waals surface area contributed by atoms with Crippen molar-refractivity contribution >= 4 is 11.9 Å². The average Bonchev–Trinajstić information content (AvgIpc) is 3.30. The Morgan fingerprint density at radius 3 is 2.19 bits per heavy atom. The number of ether oxygens (including phenoxy) is 1. The molecule has 6 nitrogen and oxygen atoms in total. The second-order valence-corrected chi connectivity index (χ2v) is 13.4. The molecule has 0 bridgehead atoms. The number of nitrogens with one attached hydrogen (secondary N) is 1. The van der Waals surface area contributed by atoms with Crippen LogP contribution in [0.4, 0.5) is 8.78 Å². The Bertz CT molecular complexity index is 1460. The third-order valence-electron chi connectivity index (χ3n) is 8.40. The first kappa shape index (κ1) is 32.1. The van der Waals surface area contributed by atoms with Gasteiger partial charge < -0.3 is 20.1 Å². The lowest BCUT2D eigenvalue weighted by Gasteiger charge is -2.35. The lowest BCUT2D eigenvalue weighted by molar-refractivity contribution is -0.152. The Kier molecular flexibility index (Phi) is 9.30. The van der Waals surface area contributed by atoms with Gasteiger partial charge in [-0.15, -0.1) is 0 Å². The summed E-state index contributed by atoms with van der Waals surface area (Å²) in [6, 6.07) is 16.6. The zero-order valence-electron chi connectivity index (χ0n) is 25.9. The first-order valence-corrected chi connectivity index (χ1v) is 14.6. The summed E-state index contributed by atoms with van der Waals surface area (Å²) in [5.41, 5.74) is 2.02. The Balaban J connectivity index is 1.83. The molecule has 230 valence electrons. The van der Waals surface area contributed by atoms with Gasteiger partial charge in [0.15, 0.2) is 11.6 Å². The van der Waals surface area contributed by atoms with Gasteiger partial charge in [-0.2, -0.15) is 0 Å². The summed E-state index contributed by atoms with van der Waals surface area (Å²) in [4.78, 5) is 28.4. The van der Waals surface area contributed by atoms with Gasteiger partial charge in [-0.25, -0.2) is 13.6 Å². The van der Waals surface area contributed by atoms with E-state index >= 15 is 0 Å². The number of hydrogen-bond donors (Lipinski definition) is 2. The van der Waals surface area contributed by atoms with E-state index in [2.05, 4.69) is 32.2 Å². The molecule has 1 fully saturated rings. The molecule has 0 aromatic heterocycles. The molecule has 2 N–H and O–H groups in total. The number of carbonyl (C=O) groups is 2. The molecule has 4 rings (SSSR count). The first-order chi connectivity index (χ1) is 20.1. The fraction of sp³-hybridized carbons (Fsp3) is 0.429. The SMILES string of the molecule is COc1ccc(C(C)(C)C)cc1CN[C@H]1[C@H](C(C)(C)C)[C@@H](C(=O)O)N(C(=O)Cc2cccc(F)c2F)[C@H]1c1ccccc1. The van der Waals surface area contributed by atoms with Crippen LogP contribution in [0.15, 0.2) is 66.7 Å². The van der Waals surface area contributed by atoms with Crippen LogP contribution in [0, 0.1) is 23.0 Å². The minimum absolute atomic E-state index is 0.0985. The fourth-order valence-corrected chi connectivity index (χ4v) is 6.31. The minimum Gasteiger partial charge on any atom is -0.496 e. The summed E-state index contributed by atoms with van der Waals surface area (Å²) in [6.07, 6.45) is -0.470. The van der Waals surface area contributed by atoms with E-state index in [-0.39, 0.29) is 11.0 Å². The van der Waals surface area contributed by atoms with Gasteiger partial charge in [0.1, 0.15) is 11.8 Å². The van der Waals surface area contributed by atoms with E-state index in [1.807, 2.05) is 63.2 Å². The van der Waals surface area contributed by atoms with Crippen LogP contribution in [-0.2, 0) is 28.0 Å². The van der Waals surface area contributed by atoms with Crippen molar-refractivity contribution in [3.05, 3.63) is 101 Å². The molecule has 0 spiro atoms. The monoisotopic (exact) mass is 592 g/mol. The molecule has 1 aliphatic heterocycles. The van der Waals surface area contributed by atoms with Crippen molar-refractivity contribution in [3.8, 4) is 5.75 Å². The van der Waals surface area contributed by atoms with E-state index in [1.165, 1.54) is 17.0 Å². The van der Waals surface area contributed by atoms with Gasteiger partial charge in [0, 0.05) is 29.6 Å². The van der Waals surface area contributed by atoms with Crippen molar-refractivity contribution in [1.29, 1.82) is 0 Å². The quantitative estimate of drug-likeness (QED) is 0.306. The maximum absolute atomic E-state index is 14.7. The number of carbonyl (C=O) groups excluding carboxylic acids is 1. The molecule has 8 heteroatoms. The molecular formula is C35H42F2N2O4. The van der Waals surface area contributed by atoms with Crippen LogP contribution in [0.3, 0.4) is 0 Å². The number of methoxy groups -OCH3 is 1. The van der Waals surface area contributed by atoms with Gasteiger partial charge in [-0.05, 0) is 34.1 Å². The number of amides is 1. The molecule has 43 heavy (non-hydrogen) atoms. The average molecular weight is 593 g/mol. The van der Waals surface area contributed by atoms with E-state index in [9.17, 15) is 23.5 Å². The highest BCUT2D eigenvalue weighted by molar-refractivity contribution is 5.87. The standard InChI is InChI=1S/C35H42F2N2O4/c1-34(2,3)24-16-17-26(43-7)23(18-24)20-38-30-28(35(4,5)6)32(33(41)42)39(31(30)21-12-9-8-10-13-21)27(40)19-22-14-11-15-25(36)29(22)37/h8-18,28,30-32,38H,19-20H2,1-7H3,(H,41,42)/t28-,30-,31-,32-/m0/s1. The summed E-state index contributed by atoms with van der Waals surface area (Å²) in [5.74, 6) is -3.73. The van der Waals surface area contributed by atoms with Crippen molar-refractivity contribution in [2.24, 2.45) is 11.3 Å². The molecule has 3 aromatic carbocycles. The van der Waals surface area contributed by atoms with Gasteiger partial charge >= 0.3 is 5.97 Å². The molecule has 1 amide bonds. The van der Waals surface area contributed by atoms with Crippen LogP contribution in [0.1, 0.15) is 69.8 Å². The molecule has 4 atom stereocenters. The van der Waals surface area contributed by atoms with Gasteiger partial charge in [0.2, 0.25) is 5.91 Å². The van der Waals surface area contributed by atoms with Gasteiger partial charge in [0.05, 0.1) is 19.6 Å². The fourth-order valence-electron chi connectivity index (χ4n) is 6.31. The largest absolute Gasteiger partial charge is 0.496 e. The third-order valence-corrected chi connectivity index (χ3v) is 8.40.